The molecule has 0 aliphatic carbocycles. The van der Waals surface area contributed by atoms with Crippen molar-refractivity contribution < 1.29 is 13.2 Å². The molecular formula is C14H21F3N4. The van der Waals surface area contributed by atoms with Gasteiger partial charge in [-0.25, -0.2) is 9.97 Å². The molecule has 7 heteroatoms. The Balaban J connectivity index is 2.42. The second-order valence-corrected chi connectivity index (χ2v) is 5.89. The molecule has 2 heterocycles. The van der Waals surface area contributed by atoms with E-state index in [1.807, 2.05) is 11.8 Å². The number of nitrogens with zero attached hydrogens (tertiary/aromatic N) is 3. The lowest BCUT2D eigenvalue weighted by atomic mass is 9.86. The van der Waals surface area contributed by atoms with Crippen LogP contribution in [-0.4, -0.2) is 29.6 Å². The van der Waals surface area contributed by atoms with Gasteiger partial charge in [0.05, 0.1) is 0 Å². The first-order chi connectivity index (χ1) is 9.72. The molecule has 118 valence electrons. The van der Waals surface area contributed by atoms with Crippen molar-refractivity contribution in [2.45, 2.75) is 39.4 Å². The van der Waals surface area contributed by atoms with Crippen LogP contribution in [0.1, 0.15) is 33.0 Å². The summed E-state index contributed by atoms with van der Waals surface area (Å²) in [4.78, 5) is 9.21. The molecule has 1 saturated heterocycles. The van der Waals surface area contributed by atoms with Gasteiger partial charge in [-0.15, -0.1) is 0 Å². The number of hydrogen-bond donors (Lipinski definition) is 1. The zero-order valence-corrected chi connectivity index (χ0v) is 12.7. The van der Waals surface area contributed by atoms with Crippen molar-refractivity contribution in [1.29, 1.82) is 0 Å². The number of piperidine rings is 1. The van der Waals surface area contributed by atoms with Crippen molar-refractivity contribution in [2.24, 2.45) is 11.8 Å². The number of anilines is 2. The zero-order valence-electron chi connectivity index (χ0n) is 12.7. The van der Waals surface area contributed by atoms with Crippen LogP contribution in [0.15, 0.2) is 6.07 Å². The van der Waals surface area contributed by atoms with E-state index in [2.05, 4.69) is 29.1 Å². The predicted octanol–water partition coefficient (Wildman–Crippen LogP) is 3.41. The molecule has 1 aliphatic rings. The molecular weight excluding hydrogens is 281 g/mol. The third-order valence-electron chi connectivity index (χ3n) is 4.11. The molecule has 0 bridgehead atoms. The van der Waals surface area contributed by atoms with E-state index in [1.165, 1.54) is 0 Å². The summed E-state index contributed by atoms with van der Waals surface area (Å²) in [5.41, 5.74) is 0. The molecule has 0 aromatic carbocycles. The molecule has 3 unspecified atom stereocenters. The Hall–Kier alpha value is -1.53. The smallest absolute Gasteiger partial charge is 0.373 e. The average molecular weight is 302 g/mol. The van der Waals surface area contributed by atoms with E-state index < -0.39 is 12.0 Å². The van der Waals surface area contributed by atoms with E-state index in [0.29, 0.717) is 24.2 Å². The Kier molecular flexibility index (Phi) is 4.30. The fourth-order valence-electron chi connectivity index (χ4n) is 2.85. The van der Waals surface area contributed by atoms with Crippen molar-refractivity contribution >= 4 is 11.6 Å². The maximum Gasteiger partial charge on any atom is 0.451 e. The number of aromatic nitrogens is 2. The summed E-state index contributed by atoms with van der Waals surface area (Å²) in [6, 6.07) is 1.73. The fourth-order valence-corrected chi connectivity index (χ4v) is 2.85. The van der Waals surface area contributed by atoms with Crippen molar-refractivity contribution in [3.05, 3.63) is 11.9 Å². The second-order valence-electron chi connectivity index (χ2n) is 5.89. The molecule has 3 atom stereocenters. The van der Waals surface area contributed by atoms with Crippen LogP contribution < -0.4 is 10.2 Å². The third-order valence-corrected chi connectivity index (χ3v) is 4.11. The van der Waals surface area contributed by atoms with E-state index in [0.717, 1.165) is 6.42 Å². The Morgan fingerprint density at radius 1 is 1.24 bits per heavy atom. The van der Waals surface area contributed by atoms with E-state index in [1.54, 1.807) is 13.1 Å². The van der Waals surface area contributed by atoms with Crippen LogP contribution >= 0.6 is 0 Å². The molecule has 2 rings (SSSR count). The molecule has 0 saturated carbocycles. The average Bonchev–Trinajstić information content (AvgIpc) is 2.41. The Bertz CT molecular complexity index is 503. The highest BCUT2D eigenvalue weighted by molar-refractivity contribution is 5.50. The normalized spacial score (nSPS) is 26.8. The minimum absolute atomic E-state index is 0.155. The van der Waals surface area contributed by atoms with Crippen LogP contribution in [-0.2, 0) is 6.18 Å². The lowest BCUT2D eigenvalue weighted by Crippen LogP contribution is -2.46. The highest BCUT2D eigenvalue weighted by atomic mass is 19.4. The first kappa shape index (κ1) is 15.9. The van der Waals surface area contributed by atoms with Gasteiger partial charge in [0.1, 0.15) is 11.6 Å². The lowest BCUT2D eigenvalue weighted by Gasteiger charge is -2.42. The number of rotatable bonds is 2. The highest BCUT2D eigenvalue weighted by Crippen LogP contribution is 2.33. The second kappa shape index (κ2) is 5.69. The Morgan fingerprint density at radius 2 is 1.90 bits per heavy atom. The van der Waals surface area contributed by atoms with E-state index in [-0.39, 0.29) is 11.9 Å². The topological polar surface area (TPSA) is 41.0 Å². The minimum atomic E-state index is -4.54. The summed E-state index contributed by atoms with van der Waals surface area (Å²) < 4.78 is 38.8. The molecule has 0 spiro atoms. The van der Waals surface area contributed by atoms with Crippen molar-refractivity contribution in [3.63, 3.8) is 0 Å². The maximum atomic E-state index is 12.9. The first-order valence-corrected chi connectivity index (χ1v) is 7.13. The molecule has 1 aliphatic heterocycles. The number of alkyl halides is 3. The molecule has 1 aromatic heterocycles. The standard InChI is InChI=1S/C14H21F3N4/c1-8-5-9(2)10(3)21(7-8)12-6-11(18-4)19-13(20-12)14(15,16)17/h6,8-10H,5,7H2,1-4H3,(H,18,19,20). The van der Waals surface area contributed by atoms with Crippen LogP contribution in [0.4, 0.5) is 24.8 Å². The van der Waals surface area contributed by atoms with E-state index in [4.69, 9.17) is 0 Å². The van der Waals surface area contributed by atoms with Crippen LogP contribution in [0, 0.1) is 11.8 Å². The first-order valence-electron chi connectivity index (χ1n) is 7.13. The van der Waals surface area contributed by atoms with Gasteiger partial charge in [0.25, 0.3) is 0 Å². The Labute approximate surface area is 122 Å². The molecule has 1 fully saturated rings. The monoisotopic (exact) mass is 302 g/mol. The quantitative estimate of drug-likeness (QED) is 0.909. The lowest BCUT2D eigenvalue weighted by molar-refractivity contribution is -0.144. The van der Waals surface area contributed by atoms with Crippen LogP contribution in [0.5, 0.6) is 0 Å². The summed E-state index contributed by atoms with van der Waals surface area (Å²) in [6.07, 6.45) is -3.47. The van der Waals surface area contributed by atoms with Gasteiger partial charge in [-0.2, -0.15) is 13.2 Å². The van der Waals surface area contributed by atoms with Crippen molar-refractivity contribution in [2.75, 3.05) is 23.8 Å². The minimum Gasteiger partial charge on any atom is -0.373 e. The fraction of sp³-hybridized carbons (Fsp3) is 0.714. The number of hydrogen-bond acceptors (Lipinski definition) is 4. The summed E-state index contributed by atoms with van der Waals surface area (Å²) in [6.45, 7) is 6.98. The van der Waals surface area contributed by atoms with Gasteiger partial charge in [-0.3, -0.25) is 0 Å². The van der Waals surface area contributed by atoms with Gasteiger partial charge in [-0.05, 0) is 25.2 Å². The molecule has 0 amide bonds. The summed E-state index contributed by atoms with van der Waals surface area (Å²) in [5, 5.41) is 2.68. The SMILES string of the molecule is CNc1cc(N2CC(C)CC(C)C2C)nc(C(F)(F)F)n1. The van der Waals surface area contributed by atoms with Crippen molar-refractivity contribution in [3.8, 4) is 0 Å². The van der Waals surface area contributed by atoms with Crippen LogP contribution in [0.3, 0.4) is 0 Å². The molecule has 21 heavy (non-hydrogen) atoms. The van der Waals surface area contributed by atoms with Gasteiger partial charge in [-0.1, -0.05) is 13.8 Å². The summed E-state index contributed by atoms with van der Waals surface area (Å²) in [7, 11) is 1.55. The molecule has 4 nitrogen and oxygen atoms in total. The Morgan fingerprint density at radius 3 is 2.48 bits per heavy atom. The third kappa shape index (κ3) is 3.39. The van der Waals surface area contributed by atoms with Gasteiger partial charge >= 0.3 is 6.18 Å². The maximum absolute atomic E-state index is 12.9. The van der Waals surface area contributed by atoms with Gasteiger partial charge in [0.2, 0.25) is 5.82 Å². The van der Waals surface area contributed by atoms with E-state index in [9.17, 15) is 13.2 Å². The van der Waals surface area contributed by atoms with E-state index >= 15 is 0 Å². The molecule has 0 radical (unpaired) electrons. The van der Waals surface area contributed by atoms with Crippen LogP contribution in [0.2, 0.25) is 0 Å². The van der Waals surface area contributed by atoms with Crippen molar-refractivity contribution in [1.82, 2.24) is 9.97 Å². The highest BCUT2D eigenvalue weighted by Gasteiger charge is 2.37. The largest absolute Gasteiger partial charge is 0.451 e. The number of halogens is 3. The predicted molar refractivity (Wildman–Crippen MR) is 76.3 cm³/mol. The van der Waals surface area contributed by atoms with Gasteiger partial charge in [0.15, 0.2) is 0 Å². The zero-order chi connectivity index (χ0) is 15.8. The summed E-state index contributed by atoms with van der Waals surface area (Å²) >= 11 is 0. The summed E-state index contributed by atoms with van der Waals surface area (Å²) in [5.74, 6) is 0.273. The molecule has 1 N–H and O–H groups in total. The van der Waals surface area contributed by atoms with Crippen LogP contribution in [0.25, 0.3) is 0 Å². The number of nitrogens with one attached hydrogen (secondary N) is 1. The van der Waals surface area contributed by atoms with Gasteiger partial charge in [0, 0.05) is 25.7 Å². The molecule has 1 aromatic rings. The van der Waals surface area contributed by atoms with Gasteiger partial charge < -0.3 is 10.2 Å².